The van der Waals surface area contributed by atoms with Crippen LogP contribution in [0.25, 0.3) is 0 Å². The minimum atomic E-state index is -0.964. The molecule has 0 aromatic heterocycles. The third kappa shape index (κ3) is 2.76. The van der Waals surface area contributed by atoms with E-state index in [1.807, 2.05) is 32.0 Å². The van der Waals surface area contributed by atoms with Crippen LogP contribution in [-0.2, 0) is 16.0 Å². The first-order valence-corrected chi connectivity index (χ1v) is 6.37. The zero-order chi connectivity index (χ0) is 14.0. The van der Waals surface area contributed by atoms with E-state index in [1.165, 1.54) is 4.90 Å². The minimum Gasteiger partial charge on any atom is -0.480 e. The lowest BCUT2D eigenvalue weighted by Gasteiger charge is -2.23. The van der Waals surface area contributed by atoms with Crippen LogP contribution in [0.2, 0.25) is 0 Å². The molecule has 1 aromatic carbocycles. The Balaban J connectivity index is 2.24. The van der Waals surface area contributed by atoms with Gasteiger partial charge in [0.05, 0.1) is 6.54 Å². The quantitative estimate of drug-likeness (QED) is 0.850. The Labute approximate surface area is 112 Å². The van der Waals surface area contributed by atoms with Crippen molar-refractivity contribution in [2.24, 2.45) is 0 Å². The number of carbonyl (C=O) groups excluding carboxylic acids is 1. The number of nitrogens with zero attached hydrogens (tertiary/aromatic N) is 1. The van der Waals surface area contributed by atoms with E-state index in [0.29, 0.717) is 12.1 Å². The zero-order valence-electron chi connectivity index (χ0n) is 11.1. The summed E-state index contributed by atoms with van der Waals surface area (Å²) in [6.07, 6.45) is 0.374. The number of anilines is 1. The normalized spacial score (nSPS) is 17.6. The highest BCUT2D eigenvalue weighted by molar-refractivity contribution is 6.02. The van der Waals surface area contributed by atoms with Crippen LogP contribution >= 0.6 is 0 Å². The second-order valence-electron chi connectivity index (χ2n) is 4.99. The van der Waals surface area contributed by atoms with Crippen LogP contribution in [-0.4, -0.2) is 35.6 Å². The summed E-state index contributed by atoms with van der Waals surface area (Å²) >= 11 is 0. The molecular formula is C14H18N2O3. The molecule has 1 heterocycles. The van der Waals surface area contributed by atoms with Gasteiger partial charge in [0.1, 0.15) is 6.04 Å². The summed E-state index contributed by atoms with van der Waals surface area (Å²) < 4.78 is 0. The van der Waals surface area contributed by atoms with Crippen molar-refractivity contribution in [3.05, 3.63) is 29.8 Å². The van der Waals surface area contributed by atoms with Gasteiger partial charge in [-0.25, -0.2) is 4.79 Å². The number of amides is 1. The highest BCUT2D eigenvalue weighted by Crippen LogP contribution is 2.32. The Morgan fingerprint density at radius 2 is 2.11 bits per heavy atom. The van der Waals surface area contributed by atoms with Crippen LogP contribution < -0.4 is 10.2 Å². The number of fused-ring (bicyclic) bond motifs is 1. The lowest BCUT2D eigenvalue weighted by Crippen LogP contribution is -2.47. The predicted octanol–water partition coefficient (Wildman–Crippen LogP) is 1.03. The van der Waals surface area contributed by atoms with Crippen LogP contribution in [0.3, 0.4) is 0 Å². The van der Waals surface area contributed by atoms with E-state index >= 15 is 0 Å². The van der Waals surface area contributed by atoms with Gasteiger partial charge in [-0.15, -0.1) is 0 Å². The molecule has 0 aliphatic carbocycles. The van der Waals surface area contributed by atoms with Crippen molar-refractivity contribution in [1.82, 2.24) is 5.32 Å². The van der Waals surface area contributed by atoms with Crippen LogP contribution in [0.5, 0.6) is 0 Å². The standard InChI is InChI=1S/C14H18N2O3/c1-9(2)15-8-13(17)16-11-6-4-3-5-10(11)7-12(16)14(18)19/h3-6,9,12,15H,7-8H2,1-2H3,(H,18,19). The number of hydrogen-bond donors (Lipinski definition) is 2. The molecule has 0 radical (unpaired) electrons. The summed E-state index contributed by atoms with van der Waals surface area (Å²) in [6, 6.07) is 6.74. The summed E-state index contributed by atoms with van der Waals surface area (Å²) in [6.45, 7) is 4.04. The SMILES string of the molecule is CC(C)NCC(=O)N1c2ccccc2CC1C(=O)O. The average Bonchev–Trinajstić information content (AvgIpc) is 2.75. The van der Waals surface area contributed by atoms with Gasteiger partial charge < -0.3 is 10.4 Å². The molecule has 0 saturated heterocycles. The number of aliphatic carboxylic acids is 1. The molecular weight excluding hydrogens is 244 g/mol. The van der Waals surface area contributed by atoms with Gasteiger partial charge in [0.25, 0.3) is 0 Å². The number of carboxylic acid groups (broad SMARTS) is 1. The van der Waals surface area contributed by atoms with Gasteiger partial charge in [0.2, 0.25) is 5.91 Å². The van der Waals surface area contributed by atoms with Crippen LogP contribution in [0.15, 0.2) is 24.3 Å². The summed E-state index contributed by atoms with van der Waals surface area (Å²) in [4.78, 5) is 24.9. The minimum absolute atomic E-state index is 0.149. The third-order valence-electron chi connectivity index (χ3n) is 3.19. The van der Waals surface area contributed by atoms with E-state index < -0.39 is 12.0 Å². The Morgan fingerprint density at radius 1 is 1.42 bits per heavy atom. The fourth-order valence-corrected chi connectivity index (χ4v) is 2.27. The van der Waals surface area contributed by atoms with Crippen molar-refractivity contribution in [3.63, 3.8) is 0 Å². The van der Waals surface area contributed by atoms with Gasteiger partial charge in [-0.3, -0.25) is 9.69 Å². The first kappa shape index (κ1) is 13.5. The highest BCUT2D eigenvalue weighted by atomic mass is 16.4. The fourth-order valence-electron chi connectivity index (χ4n) is 2.27. The first-order valence-electron chi connectivity index (χ1n) is 6.37. The number of carboxylic acids is 1. The molecule has 19 heavy (non-hydrogen) atoms. The Kier molecular flexibility index (Phi) is 3.85. The van der Waals surface area contributed by atoms with Crippen molar-refractivity contribution in [1.29, 1.82) is 0 Å². The van der Waals surface area contributed by atoms with E-state index in [4.69, 9.17) is 0 Å². The maximum atomic E-state index is 12.2. The molecule has 1 unspecified atom stereocenters. The van der Waals surface area contributed by atoms with Crippen LogP contribution in [0.4, 0.5) is 5.69 Å². The number of para-hydroxylation sites is 1. The van der Waals surface area contributed by atoms with Crippen molar-refractivity contribution in [2.75, 3.05) is 11.4 Å². The largest absolute Gasteiger partial charge is 0.480 e. The maximum absolute atomic E-state index is 12.2. The monoisotopic (exact) mass is 262 g/mol. The van der Waals surface area contributed by atoms with E-state index in [2.05, 4.69) is 5.32 Å². The van der Waals surface area contributed by atoms with Gasteiger partial charge in [0.15, 0.2) is 0 Å². The average molecular weight is 262 g/mol. The molecule has 5 nitrogen and oxygen atoms in total. The first-order chi connectivity index (χ1) is 9.00. The molecule has 0 bridgehead atoms. The second-order valence-corrected chi connectivity index (χ2v) is 4.99. The van der Waals surface area contributed by atoms with Crippen molar-refractivity contribution < 1.29 is 14.7 Å². The van der Waals surface area contributed by atoms with Crippen LogP contribution in [0, 0.1) is 0 Å². The van der Waals surface area contributed by atoms with E-state index in [0.717, 1.165) is 5.56 Å². The van der Waals surface area contributed by atoms with Crippen LogP contribution in [0.1, 0.15) is 19.4 Å². The highest BCUT2D eigenvalue weighted by Gasteiger charge is 2.37. The molecule has 5 heteroatoms. The summed E-state index contributed by atoms with van der Waals surface area (Å²) in [5.74, 6) is -1.17. The second kappa shape index (κ2) is 5.40. The lowest BCUT2D eigenvalue weighted by molar-refractivity contribution is -0.139. The Bertz CT molecular complexity index is 499. The molecule has 1 aliphatic heterocycles. The third-order valence-corrected chi connectivity index (χ3v) is 3.19. The predicted molar refractivity (Wildman–Crippen MR) is 72.2 cm³/mol. The number of rotatable bonds is 4. The molecule has 1 amide bonds. The Hall–Kier alpha value is -1.88. The molecule has 0 saturated carbocycles. The molecule has 1 aromatic rings. The maximum Gasteiger partial charge on any atom is 0.327 e. The van der Waals surface area contributed by atoms with Gasteiger partial charge in [0, 0.05) is 18.2 Å². The lowest BCUT2D eigenvalue weighted by atomic mass is 10.1. The van der Waals surface area contributed by atoms with Gasteiger partial charge in [-0.05, 0) is 11.6 Å². The number of carbonyl (C=O) groups is 2. The smallest absolute Gasteiger partial charge is 0.327 e. The molecule has 2 N–H and O–H groups in total. The summed E-state index contributed by atoms with van der Waals surface area (Å²) in [7, 11) is 0. The molecule has 1 aliphatic rings. The van der Waals surface area contributed by atoms with Gasteiger partial charge in [-0.1, -0.05) is 32.0 Å². The summed E-state index contributed by atoms with van der Waals surface area (Å²) in [5.41, 5.74) is 1.62. The van der Waals surface area contributed by atoms with Gasteiger partial charge >= 0.3 is 5.97 Å². The molecule has 0 fully saturated rings. The molecule has 0 spiro atoms. The van der Waals surface area contributed by atoms with Gasteiger partial charge in [-0.2, -0.15) is 0 Å². The molecule has 2 rings (SSSR count). The van der Waals surface area contributed by atoms with E-state index in [-0.39, 0.29) is 18.5 Å². The van der Waals surface area contributed by atoms with E-state index in [1.54, 1.807) is 6.07 Å². The molecule has 1 atom stereocenters. The fraction of sp³-hybridized carbons (Fsp3) is 0.429. The van der Waals surface area contributed by atoms with Crippen molar-refractivity contribution >= 4 is 17.6 Å². The number of benzene rings is 1. The topological polar surface area (TPSA) is 69.6 Å². The van der Waals surface area contributed by atoms with Crippen molar-refractivity contribution in [3.8, 4) is 0 Å². The van der Waals surface area contributed by atoms with Crippen molar-refractivity contribution in [2.45, 2.75) is 32.4 Å². The number of nitrogens with one attached hydrogen (secondary N) is 1. The summed E-state index contributed by atoms with van der Waals surface area (Å²) in [5, 5.41) is 12.3. The number of hydrogen-bond acceptors (Lipinski definition) is 3. The van der Waals surface area contributed by atoms with E-state index in [9.17, 15) is 14.7 Å². The Morgan fingerprint density at radius 3 is 2.74 bits per heavy atom. The zero-order valence-corrected chi connectivity index (χ0v) is 11.1. The molecule has 102 valence electrons.